The molecule has 4 nitrogen and oxygen atoms in total. The maximum atomic E-state index is 13.0. The number of nitrogens with one attached hydrogen (secondary N) is 1. The van der Waals surface area contributed by atoms with Crippen molar-refractivity contribution in [2.24, 2.45) is 17.6 Å². The molecular weight excluding hydrogens is 269 g/mol. The molecule has 3 N–H and O–H groups in total. The van der Waals surface area contributed by atoms with E-state index in [1.165, 1.54) is 12.1 Å². The molecule has 1 unspecified atom stereocenters. The van der Waals surface area contributed by atoms with Crippen LogP contribution in [0.15, 0.2) is 18.2 Å². The van der Waals surface area contributed by atoms with Crippen LogP contribution in [0.25, 0.3) is 0 Å². The van der Waals surface area contributed by atoms with Crippen LogP contribution in [0, 0.1) is 29.0 Å². The van der Waals surface area contributed by atoms with Crippen molar-refractivity contribution in [3.63, 3.8) is 0 Å². The summed E-state index contributed by atoms with van der Waals surface area (Å²) in [6, 6.07) is 5.62. The van der Waals surface area contributed by atoms with Gasteiger partial charge in [-0.05, 0) is 49.4 Å². The second kappa shape index (κ2) is 8.38. The summed E-state index contributed by atoms with van der Waals surface area (Å²) in [5.74, 6) is 0.222. The highest BCUT2D eigenvalue weighted by Crippen LogP contribution is 2.21. The molecule has 0 fully saturated rings. The van der Waals surface area contributed by atoms with Crippen LogP contribution in [-0.4, -0.2) is 12.5 Å². The first-order valence-corrected chi connectivity index (χ1v) is 7.17. The van der Waals surface area contributed by atoms with Crippen molar-refractivity contribution in [2.45, 2.75) is 33.1 Å². The fourth-order valence-electron chi connectivity index (χ4n) is 2.27. The van der Waals surface area contributed by atoms with Gasteiger partial charge in [0.05, 0.1) is 11.3 Å². The second-order valence-electron chi connectivity index (χ2n) is 5.47. The first kappa shape index (κ1) is 17.1. The third-order valence-corrected chi connectivity index (χ3v) is 3.60. The lowest BCUT2D eigenvalue weighted by Crippen LogP contribution is -2.18. The first-order chi connectivity index (χ1) is 9.97. The van der Waals surface area contributed by atoms with Crippen molar-refractivity contribution in [1.29, 1.82) is 5.26 Å². The first-order valence-electron chi connectivity index (χ1n) is 7.17. The Labute approximate surface area is 125 Å². The lowest BCUT2D eigenvalue weighted by Gasteiger charge is -2.19. The van der Waals surface area contributed by atoms with Crippen LogP contribution < -0.4 is 11.1 Å². The third kappa shape index (κ3) is 5.52. The quantitative estimate of drug-likeness (QED) is 0.810. The molecular formula is C16H22FN3O. The summed E-state index contributed by atoms with van der Waals surface area (Å²) >= 11 is 0. The van der Waals surface area contributed by atoms with Crippen LogP contribution in [0.1, 0.15) is 38.7 Å². The number of amides is 1. The van der Waals surface area contributed by atoms with Gasteiger partial charge in [0.1, 0.15) is 11.9 Å². The highest BCUT2D eigenvalue weighted by molar-refractivity contribution is 5.92. The number of carbonyl (C=O) groups is 1. The molecule has 0 spiro atoms. The average molecular weight is 291 g/mol. The Morgan fingerprint density at radius 1 is 1.43 bits per heavy atom. The summed E-state index contributed by atoms with van der Waals surface area (Å²) in [4.78, 5) is 12.0. The maximum Gasteiger partial charge on any atom is 0.224 e. The van der Waals surface area contributed by atoms with Gasteiger partial charge in [-0.1, -0.05) is 13.8 Å². The molecule has 1 aromatic carbocycles. The van der Waals surface area contributed by atoms with Crippen LogP contribution in [-0.2, 0) is 4.79 Å². The monoisotopic (exact) mass is 291 g/mol. The van der Waals surface area contributed by atoms with Crippen LogP contribution in [0.3, 0.4) is 0 Å². The molecule has 0 saturated heterocycles. The van der Waals surface area contributed by atoms with Gasteiger partial charge in [-0.3, -0.25) is 4.79 Å². The number of benzene rings is 1. The largest absolute Gasteiger partial charge is 0.330 e. The van der Waals surface area contributed by atoms with Crippen LogP contribution in [0.5, 0.6) is 0 Å². The predicted molar refractivity (Wildman–Crippen MR) is 81.0 cm³/mol. The Kier molecular flexibility index (Phi) is 6.83. The van der Waals surface area contributed by atoms with Crippen molar-refractivity contribution in [2.75, 3.05) is 11.9 Å². The van der Waals surface area contributed by atoms with Crippen LogP contribution >= 0.6 is 0 Å². The summed E-state index contributed by atoms with van der Waals surface area (Å²) in [7, 11) is 0. The zero-order valence-electron chi connectivity index (χ0n) is 12.5. The minimum Gasteiger partial charge on any atom is -0.330 e. The van der Waals surface area contributed by atoms with Gasteiger partial charge < -0.3 is 11.1 Å². The molecule has 1 atom stereocenters. The molecule has 0 aliphatic carbocycles. The Bertz CT molecular complexity index is 523. The van der Waals surface area contributed by atoms with Gasteiger partial charge in [-0.2, -0.15) is 5.26 Å². The maximum absolute atomic E-state index is 13.0. The van der Waals surface area contributed by atoms with E-state index in [0.29, 0.717) is 30.5 Å². The van der Waals surface area contributed by atoms with Crippen molar-refractivity contribution in [3.05, 3.63) is 29.6 Å². The molecule has 0 aliphatic heterocycles. The summed E-state index contributed by atoms with van der Waals surface area (Å²) in [6.07, 6.45) is 2.01. The van der Waals surface area contributed by atoms with E-state index < -0.39 is 5.82 Å². The SMILES string of the molecule is CC(C)C(CCN)CCC(=O)Nc1ccc(F)cc1C#N. The Balaban J connectivity index is 2.60. The summed E-state index contributed by atoms with van der Waals surface area (Å²) < 4.78 is 13.0. The molecule has 5 heteroatoms. The zero-order valence-corrected chi connectivity index (χ0v) is 12.5. The van der Waals surface area contributed by atoms with Gasteiger partial charge in [-0.25, -0.2) is 4.39 Å². The second-order valence-corrected chi connectivity index (χ2v) is 5.47. The Morgan fingerprint density at radius 2 is 2.14 bits per heavy atom. The molecule has 0 aliphatic rings. The van der Waals surface area contributed by atoms with Gasteiger partial charge in [0.15, 0.2) is 0 Å². The fraction of sp³-hybridized carbons (Fsp3) is 0.500. The van der Waals surface area contributed by atoms with Crippen LogP contribution in [0.2, 0.25) is 0 Å². The average Bonchev–Trinajstić information content (AvgIpc) is 2.44. The number of anilines is 1. The number of nitrogens with two attached hydrogens (primary N) is 1. The van der Waals surface area contributed by atoms with Gasteiger partial charge in [0, 0.05) is 6.42 Å². The van der Waals surface area contributed by atoms with E-state index >= 15 is 0 Å². The van der Waals surface area contributed by atoms with Gasteiger partial charge >= 0.3 is 0 Å². The standard InChI is InChI=1S/C16H22FN3O/c1-11(2)12(7-8-18)3-6-16(21)20-15-5-4-14(17)9-13(15)10-19/h4-5,9,11-12H,3,6-8,18H2,1-2H3,(H,20,21). The number of hydrogen-bond donors (Lipinski definition) is 2. The highest BCUT2D eigenvalue weighted by Gasteiger charge is 2.15. The smallest absolute Gasteiger partial charge is 0.224 e. The van der Waals surface area contributed by atoms with Gasteiger partial charge in [-0.15, -0.1) is 0 Å². The van der Waals surface area contributed by atoms with Crippen molar-refractivity contribution < 1.29 is 9.18 Å². The minimum atomic E-state index is -0.493. The molecule has 0 heterocycles. The van der Waals surface area contributed by atoms with E-state index in [1.807, 2.05) is 6.07 Å². The zero-order chi connectivity index (χ0) is 15.8. The van der Waals surface area contributed by atoms with E-state index in [2.05, 4.69) is 19.2 Å². The molecule has 1 rings (SSSR count). The molecule has 1 amide bonds. The summed E-state index contributed by atoms with van der Waals surface area (Å²) in [6.45, 7) is 4.85. The van der Waals surface area contributed by atoms with E-state index in [-0.39, 0.29) is 11.5 Å². The Hall–Kier alpha value is -1.93. The number of halogens is 1. The molecule has 0 aromatic heterocycles. The topological polar surface area (TPSA) is 78.9 Å². The van der Waals surface area contributed by atoms with Gasteiger partial charge in [0.2, 0.25) is 5.91 Å². The lowest BCUT2D eigenvalue weighted by molar-refractivity contribution is -0.116. The highest BCUT2D eigenvalue weighted by atomic mass is 19.1. The molecule has 0 bridgehead atoms. The van der Waals surface area contributed by atoms with Crippen molar-refractivity contribution >= 4 is 11.6 Å². The van der Waals surface area contributed by atoms with E-state index in [4.69, 9.17) is 11.0 Å². The van der Waals surface area contributed by atoms with E-state index in [0.717, 1.165) is 18.9 Å². The van der Waals surface area contributed by atoms with E-state index in [1.54, 1.807) is 0 Å². The summed E-state index contributed by atoms with van der Waals surface area (Å²) in [5, 5.41) is 11.6. The molecule has 21 heavy (non-hydrogen) atoms. The predicted octanol–water partition coefficient (Wildman–Crippen LogP) is 3.04. The fourth-order valence-corrected chi connectivity index (χ4v) is 2.27. The van der Waals surface area contributed by atoms with E-state index in [9.17, 15) is 9.18 Å². The van der Waals surface area contributed by atoms with Crippen molar-refractivity contribution in [1.82, 2.24) is 0 Å². The van der Waals surface area contributed by atoms with Gasteiger partial charge in [0.25, 0.3) is 0 Å². The molecule has 0 saturated carbocycles. The number of nitrogens with zero attached hydrogens (tertiary/aromatic N) is 1. The molecule has 1 aromatic rings. The normalized spacial score (nSPS) is 12.0. The number of carbonyl (C=O) groups excluding carboxylic acids is 1. The summed E-state index contributed by atoms with van der Waals surface area (Å²) in [5.41, 5.74) is 6.06. The number of nitriles is 1. The number of hydrogen-bond acceptors (Lipinski definition) is 3. The van der Waals surface area contributed by atoms with Crippen LogP contribution in [0.4, 0.5) is 10.1 Å². The Morgan fingerprint density at radius 3 is 2.71 bits per heavy atom. The number of rotatable bonds is 7. The minimum absolute atomic E-state index is 0.130. The molecule has 0 radical (unpaired) electrons. The third-order valence-electron chi connectivity index (χ3n) is 3.60. The molecule has 114 valence electrons. The lowest BCUT2D eigenvalue weighted by atomic mass is 9.88. The van der Waals surface area contributed by atoms with Crippen molar-refractivity contribution in [3.8, 4) is 6.07 Å².